The number of ether oxygens (including phenoxy) is 1. The Hall–Kier alpha value is -0.610. The molecule has 3 aliphatic carbocycles. The lowest BCUT2D eigenvalue weighted by Gasteiger charge is -2.37. The van der Waals surface area contributed by atoms with Gasteiger partial charge in [-0.25, -0.2) is 0 Å². The van der Waals surface area contributed by atoms with E-state index in [1.165, 1.54) is 44.9 Å². The van der Waals surface area contributed by atoms with Gasteiger partial charge >= 0.3 is 0 Å². The van der Waals surface area contributed by atoms with Crippen LogP contribution in [0, 0.1) is 23.7 Å². The molecule has 130 valence electrons. The molecule has 3 saturated carbocycles. The van der Waals surface area contributed by atoms with E-state index in [0.717, 1.165) is 38.5 Å². The van der Waals surface area contributed by atoms with Crippen LogP contribution in [0.25, 0.3) is 0 Å². The highest BCUT2D eigenvalue weighted by Gasteiger charge is 2.50. The molecule has 1 heterocycles. The molecule has 0 aromatic heterocycles. The zero-order valence-corrected chi connectivity index (χ0v) is 14.3. The fraction of sp³-hybridized carbons (Fsp3) is 0.947. The summed E-state index contributed by atoms with van der Waals surface area (Å²) in [7, 11) is 0. The minimum absolute atomic E-state index is 0.115. The van der Waals surface area contributed by atoms with Crippen LogP contribution in [0.4, 0.5) is 0 Å². The van der Waals surface area contributed by atoms with E-state index in [-0.39, 0.29) is 12.0 Å². The third-order valence-corrected chi connectivity index (χ3v) is 7.06. The van der Waals surface area contributed by atoms with Gasteiger partial charge in [-0.1, -0.05) is 12.8 Å². The normalized spacial score (nSPS) is 38.6. The highest BCUT2D eigenvalue weighted by Crippen LogP contribution is 2.48. The van der Waals surface area contributed by atoms with Crippen molar-refractivity contribution in [3.05, 3.63) is 0 Å². The fourth-order valence-corrected chi connectivity index (χ4v) is 5.61. The van der Waals surface area contributed by atoms with Crippen LogP contribution >= 0.6 is 0 Å². The second-order valence-electron chi connectivity index (χ2n) is 8.44. The van der Waals surface area contributed by atoms with Gasteiger partial charge < -0.3 is 15.4 Å². The van der Waals surface area contributed by atoms with Gasteiger partial charge in [-0.2, -0.15) is 0 Å². The van der Waals surface area contributed by atoms with E-state index in [1.807, 2.05) is 0 Å². The summed E-state index contributed by atoms with van der Waals surface area (Å²) in [5.41, 5.74) is 6.34. The van der Waals surface area contributed by atoms with Gasteiger partial charge in [0.2, 0.25) is 5.91 Å². The molecule has 0 aromatic rings. The first-order valence-corrected chi connectivity index (χ1v) is 9.88. The Bertz CT molecular complexity index is 425. The topological polar surface area (TPSA) is 55.6 Å². The number of likely N-dealkylation sites (tertiary alicyclic amines) is 1. The van der Waals surface area contributed by atoms with Gasteiger partial charge in [-0.05, 0) is 62.7 Å². The number of rotatable bonds is 4. The van der Waals surface area contributed by atoms with Crippen molar-refractivity contribution in [2.45, 2.75) is 69.9 Å². The van der Waals surface area contributed by atoms with Crippen LogP contribution in [-0.4, -0.2) is 42.6 Å². The van der Waals surface area contributed by atoms with Crippen LogP contribution in [0.1, 0.15) is 57.8 Å². The van der Waals surface area contributed by atoms with E-state index < -0.39 is 0 Å². The summed E-state index contributed by atoms with van der Waals surface area (Å²) in [6.07, 6.45) is 11.5. The molecule has 2 bridgehead atoms. The van der Waals surface area contributed by atoms with E-state index >= 15 is 0 Å². The number of fused-ring (bicyclic) bond motifs is 2. The molecule has 1 saturated heterocycles. The van der Waals surface area contributed by atoms with E-state index in [2.05, 4.69) is 4.90 Å². The number of hydrogen-bond donors (Lipinski definition) is 1. The van der Waals surface area contributed by atoms with Crippen molar-refractivity contribution in [1.82, 2.24) is 4.90 Å². The molecule has 1 aliphatic heterocycles. The maximum atomic E-state index is 12.9. The Morgan fingerprint density at radius 3 is 2.35 bits per heavy atom. The molecular weight excluding hydrogens is 288 g/mol. The average Bonchev–Trinajstić information content (AvgIpc) is 3.30. The van der Waals surface area contributed by atoms with Gasteiger partial charge in [-0.3, -0.25) is 4.79 Å². The zero-order chi connectivity index (χ0) is 15.8. The van der Waals surface area contributed by atoms with Crippen molar-refractivity contribution in [2.75, 3.05) is 19.7 Å². The third-order valence-electron chi connectivity index (χ3n) is 7.06. The SMILES string of the molecule is N[C@H]1[C@H]2CC[C@@H](C2)[C@H]1C(=O)N1CCC(OCC2CCCC2)CC1. The highest BCUT2D eigenvalue weighted by atomic mass is 16.5. The molecule has 0 spiro atoms. The fourth-order valence-electron chi connectivity index (χ4n) is 5.61. The second kappa shape index (κ2) is 6.72. The smallest absolute Gasteiger partial charge is 0.227 e. The van der Waals surface area contributed by atoms with E-state index in [4.69, 9.17) is 10.5 Å². The van der Waals surface area contributed by atoms with Crippen LogP contribution in [0.2, 0.25) is 0 Å². The number of nitrogens with zero attached hydrogens (tertiary/aromatic N) is 1. The molecule has 4 heteroatoms. The summed E-state index contributed by atoms with van der Waals surface area (Å²) >= 11 is 0. The lowest BCUT2D eigenvalue weighted by atomic mass is 9.83. The third kappa shape index (κ3) is 3.17. The maximum absolute atomic E-state index is 12.9. The number of hydrogen-bond acceptors (Lipinski definition) is 3. The Kier molecular flexibility index (Phi) is 4.64. The minimum atomic E-state index is 0.115. The first-order chi connectivity index (χ1) is 11.2. The molecule has 4 aliphatic rings. The highest BCUT2D eigenvalue weighted by molar-refractivity contribution is 5.80. The Morgan fingerprint density at radius 2 is 1.70 bits per heavy atom. The van der Waals surface area contributed by atoms with Crippen LogP contribution < -0.4 is 5.73 Å². The number of amides is 1. The number of nitrogens with two attached hydrogens (primary N) is 1. The minimum Gasteiger partial charge on any atom is -0.378 e. The van der Waals surface area contributed by atoms with Gasteiger partial charge in [0, 0.05) is 25.7 Å². The summed E-state index contributed by atoms with van der Waals surface area (Å²) < 4.78 is 6.13. The molecule has 0 aromatic carbocycles. The summed E-state index contributed by atoms with van der Waals surface area (Å²) in [6, 6.07) is 0.123. The second-order valence-corrected chi connectivity index (χ2v) is 8.44. The van der Waals surface area contributed by atoms with Crippen molar-refractivity contribution in [2.24, 2.45) is 29.4 Å². The van der Waals surface area contributed by atoms with E-state index in [9.17, 15) is 4.79 Å². The van der Waals surface area contributed by atoms with Crippen LogP contribution in [0.3, 0.4) is 0 Å². The lowest BCUT2D eigenvalue weighted by molar-refractivity contribution is -0.140. The number of piperidine rings is 1. The Labute approximate surface area is 140 Å². The van der Waals surface area contributed by atoms with Crippen LogP contribution in [-0.2, 0) is 9.53 Å². The van der Waals surface area contributed by atoms with Gasteiger partial charge in [-0.15, -0.1) is 0 Å². The van der Waals surface area contributed by atoms with Gasteiger partial charge in [0.05, 0.1) is 12.0 Å². The molecule has 0 unspecified atom stereocenters. The summed E-state index contributed by atoms with van der Waals surface area (Å²) in [6.45, 7) is 2.68. The van der Waals surface area contributed by atoms with Gasteiger partial charge in [0.1, 0.15) is 0 Å². The quantitative estimate of drug-likeness (QED) is 0.866. The van der Waals surface area contributed by atoms with Crippen molar-refractivity contribution >= 4 is 5.91 Å². The molecular formula is C19H32N2O2. The number of carbonyl (C=O) groups is 1. The predicted molar refractivity (Wildman–Crippen MR) is 89.8 cm³/mol. The Morgan fingerprint density at radius 1 is 1.00 bits per heavy atom. The predicted octanol–water partition coefficient (Wildman–Crippen LogP) is 2.56. The molecule has 2 N–H and O–H groups in total. The van der Waals surface area contributed by atoms with Gasteiger partial charge in [0.15, 0.2) is 0 Å². The van der Waals surface area contributed by atoms with Crippen LogP contribution in [0.5, 0.6) is 0 Å². The average molecular weight is 320 g/mol. The van der Waals surface area contributed by atoms with Crippen molar-refractivity contribution in [3.63, 3.8) is 0 Å². The number of carbonyl (C=O) groups excluding carboxylic acids is 1. The summed E-state index contributed by atoms with van der Waals surface area (Å²) in [5.74, 6) is 2.44. The molecule has 0 radical (unpaired) electrons. The van der Waals surface area contributed by atoms with Crippen molar-refractivity contribution in [3.8, 4) is 0 Å². The molecule has 4 fully saturated rings. The van der Waals surface area contributed by atoms with Crippen molar-refractivity contribution in [1.29, 1.82) is 0 Å². The molecule has 4 nitrogen and oxygen atoms in total. The zero-order valence-electron chi connectivity index (χ0n) is 14.3. The lowest BCUT2D eigenvalue weighted by Crippen LogP contribution is -2.50. The summed E-state index contributed by atoms with van der Waals surface area (Å²) in [5, 5.41) is 0. The molecule has 1 amide bonds. The first-order valence-electron chi connectivity index (χ1n) is 9.88. The summed E-state index contributed by atoms with van der Waals surface area (Å²) in [4.78, 5) is 15.0. The molecule has 4 rings (SSSR count). The molecule has 23 heavy (non-hydrogen) atoms. The monoisotopic (exact) mass is 320 g/mol. The Balaban J connectivity index is 1.24. The van der Waals surface area contributed by atoms with E-state index in [1.54, 1.807) is 0 Å². The van der Waals surface area contributed by atoms with E-state index in [0.29, 0.717) is 23.8 Å². The van der Waals surface area contributed by atoms with Crippen LogP contribution in [0.15, 0.2) is 0 Å². The largest absolute Gasteiger partial charge is 0.378 e. The van der Waals surface area contributed by atoms with Crippen molar-refractivity contribution < 1.29 is 9.53 Å². The standard InChI is InChI=1S/C19H32N2O2/c20-18-15-6-5-14(11-15)17(18)19(22)21-9-7-16(8-10-21)23-12-13-3-1-2-4-13/h13-18H,1-12,20H2/t14-,15-,17+,18-/m0/s1. The maximum Gasteiger partial charge on any atom is 0.227 e. The van der Waals surface area contributed by atoms with Gasteiger partial charge in [0.25, 0.3) is 0 Å². The molecule has 4 atom stereocenters. The first kappa shape index (κ1) is 15.9.